The number of hydrogen-bond acceptors (Lipinski definition) is 5. The summed E-state index contributed by atoms with van der Waals surface area (Å²) in [4.78, 5) is 35.3. The maximum absolute atomic E-state index is 13.9. The van der Waals surface area contributed by atoms with Crippen molar-refractivity contribution in [3.63, 3.8) is 0 Å². The molecular weight excluding hydrogens is 416 g/mol. The smallest absolute Gasteiger partial charge is 0.325 e. The first-order valence-electron chi connectivity index (χ1n) is 12.0. The molecule has 33 heavy (non-hydrogen) atoms. The summed E-state index contributed by atoms with van der Waals surface area (Å²) in [5.41, 5.74) is 2.10. The number of carbonyl (C=O) groups excluding carboxylic acids is 2. The number of rotatable bonds is 6. The summed E-state index contributed by atoms with van der Waals surface area (Å²) in [7, 11) is 0. The quantitative estimate of drug-likeness (QED) is 0.687. The van der Waals surface area contributed by atoms with Crippen molar-refractivity contribution in [1.82, 2.24) is 20.1 Å². The molecule has 7 heteroatoms. The second-order valence-corrected chi connectivity index (χ2v) is 9.54. The molecule has 0 unspecified atom stereocenters. The lowest BCUT2D eigenvalue weighted by atomic mass is 9.75. The molecule has 0 spiro atoms. The highest BCUT2D eigenvalue weighted by Crippen LogP contribution is 2.41. The van der Waals surface area contributed by atoms with Gasteiger partial charge >= 0.3 is 6.03 Å². The Morgan fingerprint density at radius 1 is 1.12 bits per heavy atom. The number of aryl methyl sites for hydroxylation is 1. The third-order valence-electron chi connectivity index (χ3n) is 7.30. The van der Waals surface area contributed by atoms with E-state index in [1.165, 1.54) is 16.0 Å². The lowest BCUT2D eigenvalue weighted by Crippen LogP contribution is -2.54. The van der Waals surface area contributed by atoms with E-state index in [0.717, 1.165) is 45.3 Å². The van der Waals surface area contributed by atoms with Crippen LogP contribution in [0.5, 0.6) is 0 Å². The zero-order valence-corrected chi connectivity index (χ0v) is 19.2. The average Bonchev–Trinajstić information content (AvgIpc) is 3.43. The van der Waals surface area contributed by atoms with E-state index in [4.69, 9.17) is 4.74 Å². The SMILES string of the molecule is Cc1cccc(CN2CCC([C@]3(c4ccccn4)NC(=O)N(C[C@@H]4CCCO4)C3=O)CC2)c1. The Balaban J connectivity index is 1.35. The summed E-state index contributed by atoms with van der Waals surface area (Å²) < 4.78 is 5.71. The van der Waals surface area contributed by atoms with Crippen LogP contribution in [0.4, 0.5) is 4.79 Å². The van der Waals surface area contributed by atoms with Gasteiger partial charge in [-0.15, -0.1) is 0 Å². The van der Waals surface area contributed by atoms with Gasteiger partial charge in [-0.3, -0.25) is 19.6 Å². The molecule has 2 atom stereocenters. The minimum absolute atomic E-state index is 0.00731. The van der Waals surface area contributed by atoms with E-state index in [2.05, 4.69) is 46.4 Å². The predicted octanol–water partition coefficient (Wildman–Crippen LogP) is 3.23. The van der Waals surface area contributed by atoms with Crippen LogP contribution in [0.1, 0.15) is 42.5 Å². The van der Waals surface area contributed by atoms with Crippen LogP contribution in [0.3, 0.4) is 0 Å². The van der Waals surface area contributed by atoms with Crippen LogP contribution < -0.4 is 5.32 Å². The van der Waals surface area contributed by atoms with Gasteiger partial charge in [-0.05, 0) is 69.3 Å². The fraction of sp³-hybridized carbons (Fsp3) is 0.500. The number of aromatic nitrogens is 1. The molecule has 0 aliphatic carbocycles. The van der Waals surface area contributed by atoms with Crippen LogP contribution in [0, 0.1) is 12.8 Å². The standard InChI is InChI=1S/C26H32N4O3/c1-19-6-4-7-20(16-19)17-29-13-10-21(11-14-29)26(23-9-2-3-12-27-23)24(31)30(25(32)28-26)18-22-8-5-15-33-22/h2-4,6-7,9,12,16,21-22H,5,8,10-11,13-15,17-18H2,1H3,(H,28,32)/t22-,26+/m0/s1. The molecule has 0 bridgehead atoms. The molecule has 7 nitrogen and oxygen atoms in total. The summed E-state index contributed by atoms with van der Waals surface area (Å²) in [6.07, 6.45) is 5.12. The first-order chi connectivity index (χ1) is 16.1. The third-order valence-corrected chi connectivity index (χ3v) is 7.30. The van der Waals surface area contributed by atoms with Gasteiger partial charge in [0, 0.05) is 19.3 Å². The van der Waals surface area contributed by atoms with Crippen LogP contribution in [0.15, 0.2) is 48.7 Å². The van der Waals surface area contributed by atoms with Crippen molar-refractivity contribution in [3.8, 4) is 0 Å². The van der Waals surface area contributed by atoms with E-state index in [9.17, 15) is 9.59 Å². The Morgan fingerprint density at radius 2 is 1.97 bits per heavy atom. The number of nitrogens with one attached hydrogen (secondary N) is 1. The molecule has 5 rings (SSSR count). The first-order valence-corrected chi connectivity index (χ1v) is 12.0. The van der Waals surface area contributed by atoms with Crippen LogP contribution in [0.25, 0.3) is 0 Å². The maximum atomic E-state index is 13.9. The van der Waals surface area contributed by atoms with Crippen molar-refractivity contribution < 1.29 is 14.3 Å². The van der Waals surface area contributed by atoms with Gasteiger partial charge in [0.15, 0.2) is 5.54 Å². The molecular formula is C26H32N4O3. The number of pyridine rings is 1. The largest absolute Gasteiger partial charge is 0.376 e. The lowest BCUT2D eigenvalue weighted by Gasteiger charge is -2.40. The van der Waals surface area contributed by atoms with Crippen molar-refractivity contribution in [2.24, 2.45) is 5.92 Å². The van der Waals surface area contributed by atoms with Crippen molar-refractivity contribution >= 4 is 11.9 Å². The van der Waals surface area contributed by atoms with E-state index in [0.29, 0.717) is 18.8 Å². The number of urea groups is 1. The Morgan fingerprint density at radius 3 is 2.67 bits per heavy atom. The number of likely N-dealkylation sites (tertiary alicyclic amines) is 1. The minimum atomic E-state index is -1.10. The van der Waals surface area contributed by atoms with Crippen molar-refractivity contribution in [2.45, 2.75) is 50.8 Å². The molecule has 4 heterocycles. The Kier molecular flexibility index (Phi) is 6.17. The molecule has 3 amide bonds. The second-order valence-electron chi connectivity index (χ2n) is 9.54. The molecule has 174 valence electrons. The molecule has 0 radical (unpaired) electrons. The maximum Gasteiger partial charge on any atom is 0.325 e. The van der Waals surface area contributed by atoms with Gasteiger partial charge < -0.3 is 10.1 Å². The first kappa shape index (κ1) is 22.0. The summed E-state index contributed by atoms with van der Waals surface area (Å²) >= 11 is 0. The monoisotopic (exact) mass is 448 g/mol. The second kappa shape index (κ2) is 9.23. The van der Waals surface area contributed by atoms with Crippen LogP contribution in [-0.4, -0.2) is 59.1 Å². The third kappa shape index (κ3) is 4.27. The van der Waals surface area contributed by atoms with Gasteiger partial charge in [-0.25, -0.2) is 4.79 Å². The number of carbonyl (C=O) groups is 2. The van der Waals surface area contributed by atoms with E-state index < -0.39 is 5.54 Å². The molecule has 0 saturated carbocycles. The molecule has 3 saturated heterocycles. The van der Waals surface area contributed by atoms with Crippen molar-refractivity contribution in [3.05, 3.63) is 65.5 Å². The molecule has 3 aliphatic heterocycles. The molecule has 3 aliphatic rings. The predicted molar refractivity (Wildman–Crippen MR) is 124 cm³/mol. The van der Waals surface area contributed by atoms with Gasteiger partial charge in [-0.1, -0.05) is 35.9 Å². The molecule has 3 fully saturated rings. The molecule has 1 aromatic carbocycles. The number of imide groups is 1. The fourth-order valence-corrected chi connectivity index (χ4v) is 5.60. The number of hydrogen-bond donors (Lipinski definition) is 1. The Labute approximate surface area is 195 Å². The molecule has 2 aromatic rings. The number of benzene rings is 1. The highest BCUT2D eigenvalue weighted by atomic mass is 16.5. The van der Waals surface area contributed by atoms with E-state index >= 15 is 0 Å². The van der Waals surface area contributed by atoms with Gasteiger partial charge in [0.05, 0.1) is 18.3 Å². The Bertz CT molecular complexity index is 1000. The normalized spacial score (nSPS) is 26.7. The Hall–Kier alpha value is -2.77. The van der Waals surface area contributed by atoms with Gasteiger partial charge in [0.2, 0.25) is 0 Å². The highest BCUT2D eigenvalue weighted by molar-refractivity contribution is 6.07. The van der Waals surface area contributed by atoms with Crippen molar-refractivity contribution in [2.75, 3.05) is 26.2 Å². The summed E-state index contributed by atoms with van der Waals surface area (Å²) in [6, 6.07) is 13.9. The van der Waals surface area contributed by atoms with Gasteiger partial charge in [0.1, 0.15) is 0 Å². The van der Waals surface area contributed by atoms with E-state index in [-0.39, 0.29) is 24.0 Å². The highest BCUT2D eigenvalue weighted by Gasteiger charge is 2.58. The molecule has 1 aromatic heterocycles. The summed E-state index contributed by atoms with van der Waals surface area (Å²) in [5, 5.41) is 3.10. The fourth-order valence-electron chi connectivity index (χ4n) is 5.60. The zero-order chi connectivity index (χ0) is 22.8. The zero-order valence-electron chi connectivity index (χ0n) is 19.2. The van der Waals surface area contributed by atoms with Crippen LogP contribution in [-0.2, 0) is 21.6 Å². The lowest BCUT2D eigenvalue weighted by molar-refractivity contribution is -0.135. The van der Waals surface area contributed by atoms with E-state index in [1.54, 1.807) is 6.20 Å². The number of amides is 3. The summed E-state index contributed by atoms with van der Waals surface area (Å²) in [5.74, 6) is -0.189. The average molecular weight is 449 g/mol. The van der Waals surface area contributed by atoms with Crippen molar-refractivity contribution in [1.29, 1.82) is 0 Å². The van der Waals surface area contributed by atoms with Crippen LogP contribution >= 0.6 is 0 Å². The van der Waals surface area contributed by atoms with E-state index in [1.807, 2.05) is 18.2 Å². The number of piperidine rings is 1. The number of ether oxygens (including phenoxy) is 1. The number of nitrogens with zero attached hydrogens (tertiary/aromatic N) is 3. The minimum Gasteiger partial charge on any atom is -0.376 e. The van der Waals surface area contributed by atoms with Gasteiger partial charge in [0.25, 0.3) is 5.91 Å². The van der Waals surface area contributed by atoms with Gasteiger partial charge in [-0.2, -0.15) is 0 Å². The van der Waals surface area contributed by atoms with Crippen LogP contribution in [0.2, 0.25) is 0 Å². The molecule has 1 N–H and O–H groups in total. The summed E-state index contributed by atoms with van der Waals surface area (Å²) in [6.45, 7) is 5.77. The topological polar surface area (TPSA) is 74.8 Å².